The Labute approximate surface area is 101 Å². The number of likely N-dealkylation sites (tertiary alicyclic amines) is 1. The van der Waals surface area contributed by atoms with E-state index in [1.54, 1.807) is 0 Å². The second-order valence-electron chi connectivity index (χ2n) is 5.10. The lowest BCUT2D eigenvalue weighted by molar-refractivity contribution is 0.105. The smallest absolute Gasteiger partial charge is 0.0218 e. The molecule has 0 aromatic rings. The number of nitrogens with one attached hydrogen (secondary N) is 1. The molecule has 1 fully saturated rings. The van der Waals surface area contributed by atoms with E-state index < -0.39 is 0 Å². The number of likely N-dealkylation sites (N-methyl/N-ethyl adjacent to an activating group) is 1. The first kappa shape index (κ1) is 13.9. The summed E-state index contributed by atoms with van der Waals surface area (Å²) < 4.78 is 0. The molecule has 1 N–H and O–H groups in total. The zero-order valence-electron chi connectivity index (χ0n) is 11.5. The van der Waals surface area contributed by atoms with E-state index in [0.717, 1.165) is 25.2 Å². The van der Waals surface area contributed by atoms with Gasteiger partial charge < -0.3 is 10.2 Å². The zero-order valence-corrected chi connectivity index (χ0v) is 11.5. The first-order valence-electron chi connectivity index (χ1n) is 6.80. The maximum absolute atomic E-state index is 3.48. The second kappa shape index (κ2) is 7.25. The van der Waals surface area contributed by atoms with Gasteiger partial charge in [0.1, 0.15) is 0 Å². The van der Waals surface area contributed by atoms with Crippen molar-refractivity contribution < 1.29 is 0 Å². The molecule has 0 aliphatic carbocycles. The van der Waals surface area contributed by atoms with Crippen LogP contribution in [0.25, 0.3) is 0 Å². The molecule has 16 heavy (non-hydrogen) atoms. The third-order valence-electron chi connectivity index (χ3n) is 3.85. The zero-order chi connectivity index (χ0) is 12.0. The number of hydrogen-bond donors (Lipinski definition) is 1. The van der Waals surface area contributed by atoms with Gasteiger partial charge in [-0.05, 0) is 53.0 Å². The van der Waals surface area contributed by atoms with Crippen molar-refractivity contribution in [3.63, 3.8) is 0 Å². The molecule has 1 rings (SSSR count). The van der Waals surface area contributed by atoms with Gasteiger partial charge in [0, 0.05) is 18.6 Å². The van der Waals surface area contributed by atoms with E-state index in [4.69, 9.17) is 0 Å². The normalized spacial score (nSPS) is 21.6. The monoisotopic (exact) mass is 227 g/mol. The summed E-state index contributed by atoms with van der Waals surface area (Å²) in [6.07, 6.45) is 3.92. The fourth-order valence-corrected chi connectivity index (χ4v) is 2.61. The highest BCUT2D eigenvalue weighted by atomic mass is 15.2. The Morgan fingerprint density at radius 1 is 1.25 bits per heavy atom. The molecular weight excluding hydrogens is 198 g/mol. The molecule has 96 valence electrons. The summed E-state index contributed by atoms with van der Waals surface area (Å²) in [4.78, 5) is 5.05. The second-order valence-corrected chi connectivity index (χ2v) is 5.10. The molecule has 1 atom stereocenters. The van der Waals surface area contributed by atoms with Crippen LogP contribution in [-0.4, -0.2) is 62.2 Å². The molecule has 0 bridgehead atoms. The summed E-state index contributed by atoms with van der Waals surface area (Å²) in [5, 5.41) is 3.48. The Balaban J connectivity index is 2.32. The summed E-state index contributed by atoms with van der Waals surface area (Å²) >= 11 is 0. The van der Waals surface area contributed by atoms with Gasteiger partial charge in [0.15, 0.2) is 0 Å². The highest BCUT2D eigenvalue weighted by Crippen LogP contribution is 2.17. The van der Waals surface area contributed by atoms with Crippen LogP contribution in [0.15, 0.2) is 0 Å². The van der Waals surface area contributed by atoms with Crippen molar-refractivity contribution in [1.82, 2.24) is 15.1 Å². The van der Waals surface area contributed by atoms with Gasteiger partial charge in [-0.3, -0.25) is 4.90 Å². The van der Waals surface area contributed by atoms with Crippen LogP contribution in [-0.2, 0) is 0 Å². The predicted molar refractivity (Wildman–Crippen MR) is 70.9 cm³/mol. The number of rotatable bonds is 6. The summed E-state index contributed by atoms with van der Waals surface area (Å²) in [7, 11) is 4.41. The molecule has 0 spiro atoms. The third kappa shape index (κ3) is 4.04. The van der Waals surface area contributed by atoms with Gasteiger partial charge in [-0.1, -0.05) is 13.8 Å². The lowest BCUT2D eigenvalue weighted by Gasteiger charge is -2.39. The van der Waals surface area contributed by atoms with Gasteiger partial charge >= 0.3 is 0 Å². The van der Waals surface area contributed by atoms with E-state index in [0.29, 0.717) is 0 Å². The highest BCUT2D eigenvalue weighted by Gasteiger charge is 2.24. The van der Waals surface area contributed by atoms with E-state index in [-0.39, 0.29) is 0 Å². The summed E-state index contributed by atoms with van der Waals surface area (Å²) in [5.41, 5.74) is 0. The number of hydrogen-bond acceptors (Lipinski definition) is 3. The maximum atomic E-state index is 3.48. The Hall–Kier alpha value is -0.120. The largest absolute Gasteiger partial charge is 0.315 e. The molecular formula is C13H29N3. The van der Waals surface area contributed by atoms with Crippen LogP contribution >= 0.6 is 0 Å². The van der Waals surface area contributed by atoms with Crippen LogP contribution in [0.5, 0.6) is 0 Å². The van der Waals surface area contributed by atoms with E-state index >= 15 is 0 Å². The van der Waals surface area contributed by atoms with Crippen molar-refractivity contribution in [3.05, 3.63) is 0 Å². The number of piperidine rings is 1. The molecule has 0 amide bonds. The minimum absolute atomic E-state index is 0.739. The Morgan fingerprint density at radius 2 is 1.88 bits per heavy atom. The molecule has 1 saturated heterocycles. The van der Waals surface area contributed by atoms with Gasteiger partial charge in [0.2, 0.25) is 0 Å². The number of nitrogens with zero attached hydrogens (tertiary/aromatic N) is 2. The van der Waals surface area contributed by atoms with Gasteiger partial charge in [0.05, 0.1) is 0 Å². The van der Waals surface area contributed by atoms with E-state index in [2.05, 4.69) is 43.1 Å². The van der Waals surface area contributed by atoms with E-state index in [9.17, 15) is 0 Å². The average Bonchev–Trinajstić information content (AvgIpc) is 2.30. The van der Waals surface area contributed by atoms with Crippen LogP contribution in [0.3, 0.4) is 0 Å². The minimum atomic E-state index is 0.739. The van der Waals surface area contributed by atoms with Crippen molar-refractivity contribution in [2.24, 2.45) is 0 Å². The Bertz CT molecular complexity index is 174. The molecule has 0 saturated carbocycles. The fourth-order valence-electron chi connectivity index (χ4n) is 2.61. The lowest BCUT2D eigenvalue weighted by atomic mass is 10.0. The molecule has 0 radical (unpaired) electrons. The molecule has 3 nitrogen and oxygen atoms in total. The highest BCUT2D eigenvalue weighted by molar-refractivity contribution is 4.81. The van der Waals surface area contributed by atoms with Gasteiger partial charge in [-0.2, -0.15) is 0 Å². The fraction of sp³-hybridized carbons (Fsp3) is 1.00. The van der Waals surface area contributed by atoms with Crippen LogP contribution < -0.4 is 5.32 Å². The topological polar surface area (TPSA) is 18.5 Å². The van der Waals surface area contributed by atoms with Crippen LogP contribution in [0.2, 0.25) is 0 Å². The summed E-state index contributed by atoms with van der Waals surface area (Å²) in [6.45, 7) is 9.27. The minimum Gasteiger partial charge on any atom is -0.315 e. The van der Waals surface area contributed by atoms with Crippen molar-refractivity contribution in [2.75, 3.05) is 40.3 Å². The molecule has 1 aliphatic heterocycles. The lowest BCUT2D eigenvalue weighted by Crippen LogP contribution is -2.49. The average molecular weight is 227 g/mol. The van der Waals surface area contributed by atoms with Crippen molar-refractivity contribution >= 4 is 0 Å². The van der Waals surface area contributed by atoms with Gasteiger partial charge in [0.25, 0.3) is 0 Å². The van der Waals surface area contributed by atoms with E-state index in [1.807, 2.05) is 0 Å². The molecule has 0 aromatic carbocycles. The Morgan fingerprint density at radius 3 is 2.31 bits per heavy atom. The van der Waals surface area contributed by atoms with Crippen LogP contribution in [0.1, 0.15) is 33.1 Å². The molecule has 3 heteroatoms. The maximum Gasteiger partial charge on any atom is 0.0218 e. The summed E-state index contributed by atoms with van der Waals surface area (Å²) in [5.74, 6) is 0. The summed E-state index contributed by atoms with van der Waals surface area (Å²) in [6, 6.07) is 1.54. The molecule has 1 unspecified atom stereocenters. The first-order chi connectivity index (χ1) is 7.69. The van der Waals surface area contributed by atoms with Crippen molar-refractivity contribution in [3.8, 4) is 0 Å². The first-order valence-corrected chi connectivity index (χ1v) is 6.80. The van der Waals surface area contributed by atoms with Gasteiger partial charge in [-0.15, -0.1) is 0 Å². The van der Waals surface area contributed by atoms with Gasteiger partial charge in [-0.25, -0.2) is 0 Å². The molecule has 0 aromatic heterocycles. The Kier molecular flexibility index (Phi) is 6.32. The van der Waals surface area contributed by atoms with Crippen LogP contribution in [0.4, 0.5) is 0 Å². The molecule has 1 aliphatic rings. The molecule has 1 heterocycles. The third-order valence-corrected chi connectivity index (χ3v) is 3.85. The predicted octanol–water partition coefficient (Wildman–Crippen LogP) is 1.40. The standard InChI is InChI=1S/C13H29N3/c1-5-12(11-14-6-2)16-9-7-13(8-10-16)15(3)4/h12-14H,5-11H2,1-4H3. The van der Waals surface area contributed by atoms with Crippen molar-refractivity contribution in [2.45, 2.75) is 45.2 Å². The quantitative estimate of drug-likeness (QED) is 0.740. The van der Waals surface area contributed by atoms with Crippen LogP contribution in [0, 0.1) is 0 Å². The van der Waals surface area contributed by atoms with E-state index in [1.165, 1.54) is 32.4 Å². The SMILES string of the molecule is CCNCC(CC)N1CCC(N(C)C)CC1. The van der Waals surface area contributed by atoms with Crippen molar-refractivity contribution in [1.29, 1.82) is 0 Å².